The maximum Gasteiger partial charge on any atom is 0.261 e. The maximum absolute atomic E-state index is 12.1. The Morgan fingerprint density at radius 2 is 1.74 bits per heavy atom. The number of rotatable bonds is 3. The standard InChI is InChI=1S/C14H13N3O2/c1-16-8-10(15-9-16)6-7-17-13(18)11-4-2-3-5-12(11)14(17)19/h2-5,8-9H,6-7H2,1H3. The molecular weight excluding hydrogens is 242 g/mol. The smallest absolute Gasteiger partial charge is 0.261 e. The van der Waals surface area contributed by atoms with Crippen LogP contribution in [0, 0.1) is 0 Å². The van der Waals surface area contributed by atoms with Crippen molar-refractivity contribution in [3.63, 3.8) is 0 Å². The lowest BCUT2D eigenvalue weighted by Crippen LogP contribution is -2.31. The summed E-state index contributed by atoms with van der Waals surface area (Å²) >= 11 is 0. The largest absolute Gasteiger partial charge is 0.340 e. The van der Waals surface area contributed by atoms with E-state index >= 15 is 0 Å². The van der Waals surface area contributed by atoms with Gasteiger partial charge in [-0.1, -0.05) is 12.1 Å². The second kappa shape index (κ2) is 4.35. The Morgan fingerprint density at radius 1 is 1.11 bits per heavy atom. The van der Waals surface area contributed by atoms with Gasteiger partial charge >= 0.3 is 0 Å². The summed E-state index contributed by atoms with van der Waals surface area (Å²) in [6.07, 6.45) is 4.17. The zero-order chi connectivity index (χ0) is 13.4. The van der Waals surface area contributed by atoms with Crippen LogP contribution in [-0.2, 0) is 13.5 Å². The molecule has 0 N–H and O–H groups in total. The van der Waals surface area contributed by atoms with Gasteiger partial charge in [0.25, 0.3) is 11.8 Å². The summed E-state index contributed by atoms with van der Waals surface area (Å²) < 4.78 is 1.84. The van der Waals surface area contributed by atoms with Gasteiger partial charge in [-0.2, -0.15) is 0 Å². The summed E-state index contributed by atoms with van der Waals surface area (Å²) in [7, 11) is 1.89. The molecule has 0 aliphatic carbocycles. The molecule has 96 valence electrons. The summed E-state index contributed by atoms with van der Waals surface area (Å²) in [6.45, 7) is 0.364. The van der Waals surface area contributed by atoms with Crippen molar-refractivity contribution in [1.82, 2.24) is 14.5 Å². The Bertz CT molecular complexity index is 625. The Hall–Kier alpha value is -2.43. The number of fused-ring (bicyclic) bond motifs is 1. The van der Waals surface area contributed by atoms with Gasteiger partial charge in [0.05, 0.1) is 23.1 Å². The number of imide groups is 1. The monoisotopic (exact) mass is 255 g/mol. The second-order valence-corrected chi connectivity index (χ2v) is 4.59. The number of imidazole rings is 1. The van der Waals surface area contributed by atoms with E-state index < -0.39 is 0 Å². The van der Waals surface area contributed by atoms with Crippen LogP contribution >= 0.6 is 0 Å². The molecule has 0 unspecified atom stereocenters. The van der Waals surface area contributed by atoms with E-state index in [9.17, 15) is 9.59 Å². The van der Waals surface area contributed by atoms with Gasteiger partial charge in [-0.3, -0.25) is 14.5 Å². The first kappa shape index (κ1) is 11.6. The molecule has 0 bridgehead atoms. The molecule has 0 fully saturated rings. The summed E-state index contributed by atoms with van der Waals surface area (Å²) in [6, 6.07) is 6.92. The van der Waals surface area contributed by atoms with Crippen molar-refractivity contribution in [3.8, 4) is 0 Å². The molecule has 19 heavy (non-hydrogen) atoms. The van der Waals surface area contributed by atoms with Crippen molar-refractivity contribution in [2.24, 2.45) is 7.05 Å². The fourth-order valence-electron chi connectivity index (χ4n) is 2.26. The Balaban J connectivity index is 1.77. The van der Waals surface area contributed by atoms with Crippen LogP contribution in [0.1, 0.15) is 26.4 Å². The molecule has 1 aliphatic rings. The van der Waals surface area contributed by atoms with Crippen molar-refractivity contribution in [2.75, 3.05) is 6.54 Å². The molecule has 1 aliphatic heterocycles. The highest BCUT2D eigenvalue weighted by molar-refractivity contribution is 6.21. The Labute approximate surface area is 110 Å². The predicted molar refractivity (Wildman–Crippen MR) is 68.7 cm³/mol. The summed E-state index contributed by atoms with van der Waals surface area (Å²) in [4.78, 5) is 29.7. The zero-order valence-corrected chi connectivity index (χ0v) is 10.5. The third-order valence-electron chi connectivity index (χ3n) is 3.23. The van der Waals surface area contributed by atoms with Gasteiger partial charge in [0, 0.05) is 26.2 Å². The number of aromatic nitrogens is 2. The summed E-state index contributed by atoms with van der Waals surface area (Å²) in [5.74, 6) is -0.423. The number of amides is 2. The Kier molecular flexibility index (Phi) is 2.67. The summed E-state index contributed by atoms with van der Waals surface area (Å²) in [5, 5.41) is 0. The maximum atomic E-state index is 12.1. The van der Waals surface area contributed by atoms with Crippen LogP contribution in [0.25, 0.3) is 0 Å². The van der Waals surface area contributed by atoms with Gasteiger partial charge in [0.15, 0.2) is 0 Å². The van der Waals surface area contributed by atoms with Gasteiger partial charge in [-0.15, -0.1) is 0 Å². The van der Waals surface area contributed by atoms with Crippen LogP contribution in [0.15, 0.2) is 36.8 Å². The SMILES string of the molecule is Cn1cnc(CCN2C(=O)c3ccccc3C2=O)c1. The molecule has 2 heterocycles. The van der Waals surface area contributed by atoms with Crippen LogP contribution in [0.4, 0.5) is 0 Å². The highest BCUT2D eigenvalue weighted by Crippen LogP contribution is 2.22. The Morgan fingerprint density at radius 3 is 2.26 bits per heavy atom. The van der Waals surface area contributed by atoms with Crippen molar-refractivity contribution in [2.45, 2.75) is 6.42 Å². The van der Waals surface area contributed by atoms with E-state index in [0.717, 1.165) is 5.69 Å². The lowest BCUT2D eigenvalue weighted by Gasteiger charge is -2.12. The lowest BCUT2D eigenvalue weighted by molar-refractivity contribution is 0.0656. The van der Waals surface area contributed by atoms with Crippen molar-refractivity contribution < 1.29 is 9.59 Å². The fraction of sp³-hybridized carbons (Fsp3) is 0.214. The number of hydrogen-bond acceptors (Lipinski definition) is 3. The number of nitrogens with zero attached hydrogens (tertiary/aromatic N) is 3. The van der Waals surface area contributed by atoms with Gasteiger partial charge in [-0.25, -0.2) is 4.98 Å². The van der Waals surface area contributed by atoms with Crippen molar-refractivity contribution in [1.29, 1.82) is 0 Å². The topological polar surface area (TPSA) is 55.2 Å². The molecular formula is C14H13N3O2. The highest BCUT2D eigenvalue weighted by Gasteiger charge is 2.34. The van der Waals surface area contributed by atoms with Gasteiger partial charge in [0.2, 0.25) is 0 Å². The first-order chi connectivity index (χ1) is 9.16. The van der Waals surface area contributed by atoms with Gasteiger partial charge < -0.3 is 4.57 Å². The van der Waals surface area contributed by atoms with Crippen molar-refractivity contribution >= 4 is 11.8 Å². The molecule has 0 saturated heterocycles. The number of hydrogen-bond donors (Lipinski definition) is 0. The predicted octanol–water partition coefficient (Wildman–Crippen LogP) is 1.26. The van der Waals surface area contributed by atoms with Crippen LogP contribution < -0.4 is 0 Å². The van der Waals surface area contributed by atoms with Crippen LogP contribution in [0.2, 0.25) is 0 Å². The third-order valence-corrected chi connectivity index (χ3v) is 3.23. The molecule has 3 rings (SSSR count). The zero-order valence-electron chi connectivity index (χ0n) is 10.5. The molecule has 0 saturated carbocycles. The number of carbonyl (C=O) groups is 2. The second-order valence-electron chi connectivity index (χ2n) is 4.59. The first-order valence-corrected chi connectivity index (χ1v) is 6.09. The average molecular weight is 255 g/mol. The van der Waals surface area contributed by atoms with E-state index in [1.165, 1.54) is 4.90 Å². The molecule has 5 heteroatoms. The van der Waals surface area contributed by atoms with Crippen LogP contribution in [-0.4, -0.2) is 32.8 Å². The fourth-order valence-corrected chi connectivity index (χ4v) is 2.26. The first-order valence-electron chi connectivity index (χ1n) is 6.09. The third kappa shape index (κ3) is 1.93. The van der Waals surface area contributed by atoms with E-state index in [2.05, 4.69) is 4.98 Å². The quantitative estimate of drug-likeness (QED) is 0.776. The average Bonchev–Trinajstić information content (AvgIpc) is 2.93. The molecule has 0 radical (unpaired) electrons. The highest BCUT2D eigenvalue weighted by atomic mass is 16.2. The van der Waals surface area contributed by atoms with Crippen LogP contribution in [0.3, 0.4) is 0 Å². The van der Waals surface area contributed by atoms with E-state index in [1.807, 2.05) is 17.8 Å². The molecule has 1 aromatic carbocycles. The molecule has 2 aromatic rings. The van der Waals surface area contributed by atoms with E-state index in [4.69, 9.17) is 0 Å². The minimum absolute atomic E-state index is 0.212. The molecule has 1 aromatic heterocycles. The molecule has 2 amide bonds. The van der Waals surface area contributed by atoms with E-state index in [0.29, 0.717) is 24.1 Å². The normalized spacial score (nSPS) is 14.1. The van der Waals surface area contributed by atoms with E-state index in [1.54, 1.807) is 30.6 Å². The molecule has 0 atom stereocenters. The number of benzene rings is 1. The number of carbonyl (C=O) groups excluding carboxylic acids is 2. The summed E-state index contributed by atoms with van der Waals surface area (Å²) in [5.41, 5.74) is 1.86. The molecule has 5 nitrogen and oxygen atoms in total. The lowest BCUT2D eigenvalue weighted by atomic mass is 10.1. The minimum Gasteiger partial charge on any atom is -0.340 e. The van der Waals surface area contributed by atoms with Crippen molar-refractivity contribution in [3.05, 3.63) is 53.6 Å². The minimum atomic E-state index is -0.212. The van der Waals surface area contributed by atoms with Gasteiger partial charge in [-0.05, 0) is 12.1 Å². The molecule has 0 spiro atoms. The van der Waals surface area contributed by atoms with Crippen LogP contribution in [0.5, 0.6) is 0 Å². The number of aryl methyl sites for hydroxylation is 1. The van der Waals surface area contributed by atoms with E-state index in [-0.39, 0.29) is 11.8 Å². The van der Waals surface area contributed by atoms with Gasteiger partial charge in [0.1, 0.15) is 0 Å².